The van der Waals surface area contributed by atoms with Gasteiger partial charge in [0.15, 0.2) is 0 Å². The van der Waals surface area contributed by atoms with E-state index >= 15 is 0 Å². The van der Waals surface area contributed by atoms with E-state index in [4.69, 9.17) is 15.7 Å². The summed E-state index contributed by atoms with van der Waals surface area (Å²) < 4.78 is 5.30. The van der Waals surface area contributed by atoms with Crippen LogP contribution in [0.15, 0.2) is 0 Å². The van der Waals surface area contributed by atoms with Gasteiger partial charge in [-0.25, -0.2) is 4.79 Å². The standard InChI is InChI=1S/C12H21N3O2/c1-12(2,3)17-11(16)15-6-4-9(8-13)10(14)5-7-15/h9-10H,4-7,14H2,1-3H3/t9-,10+/m1/s1. The van der Waals surface area contributed by atoms with Gasteiger partial charge < -0.3 is 15.4 Å². The molecule has 0 aromatic heterocycles. The first-order valence-corrected chi connectivity index (χ1v) is 5.96. The number of likely N-dealkylation sites (tertiary alicyclic amines) is 1. The van der Waals surface area contributed by atoms with E-state index in [1.54, 1.807) is 4.90 Å². The highest BCUT2D eigenvalue weighted by molar-refractivity contribution is 5.68. The van der Waals surface area contributed by atoms with Crippen molar-refractivity contribution in [3.8, 4) is 6.07 Å². The Balaban J connectivity index is 2.57. The van der Waals surface area contributed by atoms with Crippen molar-refractivity contribution in [1.82, 2.24) is 4.90 Å². The minimum absolute atomic E-state index is 0.146. The van der Waals surface area contributed by atoms with Gasteiger partial charge in [-0.2, -0.15) is 5.26 Å². The number of nitriles is 1. The summed E-state index contributed by atoms with van der Waals surface area (Å²) in [5.41, 5.74) is 5.39. The van der Waals surface area contributed by atoms with Crippen LogP contribution in [-0.4, -0.2) is 35.7 Å². The fourth-order valence-corrected chi connectivity index (χ4v) is 1.80. The van der Waals surface area contributed by atoms with Crippen molar-refractivity contribution in [2.45, 2.75) is 45.3 Å². The average molecular weight is 239 g/mol. The molecule has 1 heterocycles. The van der Waals surface area contributed by atoms with E-state index in [0.717, 1.165) is 0 Å². The monoisotopic (exact) mass is 239 g/mol. The summed E-state index contributed by atoms with van der Waals surface area (Å²) >= 11 is 0. The van der Waals surface area contributed by atoms with E-state index in [1.165, 1.54) is 0 Å². The van der Waals surface area contributed by atoms with E-state index in [9.17, 15) is 4.79 Å². The van der Waals surface area contributed by atoms with Crippen molar-refractivity contribution >= 4 is 6.09 Å². The number of hydrogen-bond acceptors (Lipinski definition) is 4. The predicted octanol–water partition coefficient (Wildman–Crippen LogP) is 1.48. The van der Waals surface area contributed by atoms with Crippen LogP contribution in [0.3, 0.4) is 0 Å². The number of amides is 1. The lowest BCUT2D eigenvalue weighted by molar-refractivity contribution is 0.0255. The van der Waals surface area contributed by atoms with Gasteiger partial charge in [0.05, 0.1) is 12.0 Å². The zero-order valence-corrected chi connectivity index (χ0v) is 10.8. The van der Waals surface area contributed by atoms with Crippen molar-refractivity contribution in [3.63, 3.8) is 0 Å². The number of ether oxygens (including phenoxy) is 1. The molecule has 1 aliphatic rings. The Labute approximate surface area is 103 Å². The predicted molar refractivity (Wildman–Crippen MR) is 64.1 cm³/mol. The Morgan fingerprint density at radius 3 is 2.53 bits per heavy atom. The second kappa shape index (κ2) is 5.37. The molecular formula is C12H21N3O2. The second-order valence-corrected chi connectivity index (χ2v) is 5.44. The van der Waals surface area contributed by atoms with Crippen molar-refractivity contribution < 1.29 is 9.53 Å². The molecule has 2 atom stereocenters. The van der Waals surface area contributed by atoms with Gasteiger partial charge in [0.2, 0.25) is 0 Å². The Bertz CT molecular complexity index is 317. The molecule has 0 aliphatic carbocycles. The molecule has 0 bridgehead atoms. The highest BCUT2D eigenvalue weighted by Crippen LogP contribution is 2.18. The lowest BCUT2D eigenvalue weighted by Crippen LogP contribution is -2.37. The van der Waals surface area contributed by atoms with Crippen LogP contribution >= 0.6 is 0 Å². The van der Waals surface area contributed by atoms with Crippen LogP contribution in [0.4, 0.5) is 4.79 Å². The highest BCUT2D eigenvalue weighted by Gasteiger charge is 2.28. The lowest BCUT2D eigenvalue weighted by Gasteiger charge is -2.26. The van der Waals surface area contributed by atoms with E-state index in [-0.39, 0.29) is 18.1 Å². The summed E-state index contributed by atoms with van der Waals surface area (Å²) in [5.74, 6) is -0.164. The van der Waals surface area contributed by atoms with Gasteiger partial charge in [0.1, 0.15) is 5.60 Å². The summed E-state index contributed by atoms with van der Waals surface area (Å²) in [4.78, 5) is 13.5. The van der Waals surface area contributed by atoms with Crippen molar-refractivity contribution in [1.29, 1.82) is 5.26 Å². The van der Waals surface area contributed by atoms with Crippen LogP contribution in [-0.2, 0) is 4.74 Å². The quantitative estimate of drug-likeness (QED) is 0.694. The molecule has 0 aromatic carbocycles. The molecule has 0 saturated carbocycles. The van der Waals surface area contributed by atoms with Crippen LogP contribution in [0.2, 0.25) is 0 Å². The first kappa shape index (κ1) is 13.8. The van der Waals surface area contributed by atoms with Gasteiger partial charge in [0.25, 0.3) is 0 Å². The summed E-state index contributed by atoms with van der Waals surface area (Å²) in [6.45, 7) is 6.63. The largest absolute Gasteiger partial charge is 0.444 e. The van der Waals surface area contributed by atoms with E-state index in [0.29, 0.717) is 25.9 Å². The van der Waals surface area contributed by atoms with E-state index in [2.05, 4.69) is 6.07 Å². The third kappa shape index (κ3) is 4.23. The summed E-state index contributed by atoms with van der Waals surface area (Å²) in [6.07, 6.45) is 0.956. The molecular weight excluding hydrogens is 218 g/mol. The highest BCUT2D eigenvalue weighted by atomic mass is 16.6. The van der Waals surface area contributed by atoms with Gasteiger partial charge in [-0.3, -0.25) is 0 Å². The Morgan fingerprint density at radius 2 is 2.00 bits per heavy atom. The SMILES string of the molecule is CC(C)(C)OC(=O)N1CC[C@H](N)[C@@H](C#N)CC1. The lowest BCUT2D eigenvalue weighted by atomic mass is 9.98. The number of rotatable bonds is 0. The molecule has 0 radical (unpaired) electrons. The number of nitrogens with two attached hydrogens (primary N) is 1. The molecule has 1 fully saturated rings. The van der Waals surface area contributed by atoms with Crippen LogP contribution in [0, 0.1) is 17.2 Å². The smallest absolute Gasteiger partial charge is 0.410 e. The molecule has 96 valence electrons. The summed E-state index contributed by atoms with van der Waals surface area (Å²) in [6, 6.07) is 2.05. The zero-order chi connectivity index (χ0) is 13.1. The van der Waals surface area contributed by atoms with Crippen LogP contribution < -0.4 is 5.73 Å². The number of carbonyl (C=O) groups excluding carboxylic acids is 1. The second-order valence-electron chi connectivity index (χ2n) is 5.44. The molecule has 0 unspecified atom stereocenters. The molecule has 17 heavy (non-hydrogen) atoms. The maximum Gasteiger partial charge on any atom is 0.410 e. The Morgan fingerprint density at radius 1 is 1.41 bits per heavy atom. The number of carbonyl (C=O) groups is 1. The van der Waals surface area contributed by atoms with Crippen molar-refractivity contribution in [2.24, 2.45) is 11.7 Å². The normalized spacial score (nSPS) is 25.9. The van der Waals surface area contributed by atoms with E-state index in [1.807, 2.05) is 20.8 Å². The fourth-order valence-electron chi connectivity index (χ4n) is 1.80. The number of hydrogen-bond donors (Lipinski definition) is 1. The van der Waals surface area contributed by atoms with Crippen molar-refractivity contribution in [2.75, 3.05) is 13.1 Å². The van der Waals surface area contributed by atoms with Gasteiger partial charge in [0, 0.05) is 19.1 Å². The topological polar surface area (TPSA) is 79.3 Å². The van der Waals surface area contributed by atoms with Gasteiger partial charge >= 0.3 is 6.09 Å². The van der Waals surface area contributed by atoms with Gasteiger partial charge in [-0.15, -0.1) is 0 Å². The summed E-state index contributed by atoms with van der Waals surface area (Å²) in [5, 5.41) is 8.93. The summed E-state index contributed by atoms with van der Waals surface area (Å²) in [7, 11) is 0. The van der Waals surface area contributed by atoms with E-state index < -0.39 is 5.60 Å². The molecule has 5 nitrogen and oxygen atoms in total. The van der Waals surface area contributed by atoms with Crippen LogP contribution in [0.1, 0.15) is 33.6 Å². The average Bonchev–Trinajstić information content (AvgIpc) is 2.37. The maximum absolute atomic E-state index is 11.8. The molecule has 1 saturated heterocycles. The first-order valence-electron chi connectivity index (χ1n) is 5.96. The zero-order valence-electron chi connectivity index (χ0n) is 10.8. The maximum atomic E-state index is 11.8. The van der Waals surface area contributed by atoms with Crippen LogP contribution in [0.25, 0.3) is 0 Å². The van der Waals surface area contributed by atoms with Crippen molar-refractivity contribution in [3.05, 3.63) is 0 Å². The molecule has 0 spiro atoms. The molecule has 0 aromatic rings. The minimum Gasteiger partial charge on any atom is -0.444 e. The van der Waals surface area contributed by atoms with Crippen LogP contribution in [0.5, 0.6) is 0 Å². The molecule has 2 N–H and O–H groups in total. The Kier molecular flexibility index (Phi) is 4.35. The third-order valence-corrected chi connectivity index (χ3v) is 2.78. The molecule has 1 amide bonds. The number of nitrogens with zero attached hydrogens (tertiary/aromatic N) is 2. The third-order valence-electron chi connectivity index (χ3n) is 2.78. The Hall–Kier alpha value is -1.28. The molecule has 5 heteroatoms. The van der Waals surface area contributed by atoms with Gasteiger partial charge in [-0.05, 0) is 33.6 Å². The fraction of sp³-hybridized carbons (Fsp3) is 0.833. The first-order chi connectivity index (χ1) is 7.83. The minimum atomic E-state index is -0.486. The molecule has 1 aliphatic heterocycles. The van der Waals surface area contributed by atoms with Gasteiger partial charge in [-0.1, -0.05) is 0 Å². The molecule has 1 rings (SSSR count).